The molecule has 2 N–H and O–H groups in total. The number of aryl methyl sites for hydroxylation is 1. The summed E-state index contributed by atoms with van der Waals surface area (Å²) in [5.74, 6) is -0.0510. The number of aromatic nitrogens is 1. The van der Waals surface area contributed by atoms with Gasteiger partial charge in [0.2, 0.25) is 0 Å². The number of H-pyrrole nitrogens is 1. The Balaban J connectivity index is 2.25. The highest BCUT2D eigenvalue weighted by molar-refractivity contribution is 6.02. The molecule has 0 unspecified atom stereocenters. The molecule has 104 valence electrons. The number of carbonyl (C=O) groups excluding carboxylic acids is 2. The quantitative estimate of drug-likeness (QED) is 0.820. The molecule has 1 aromatic rings. The van der Waals surface area contributed by atoms with Gasteiger partial charge in [-0.3, -0.25) is 9.59 Å². The van der Waals surface area contributed by atoms with E-state index >= 15 is 0 Å². The first kappa shape index (κ1) is 13.8. The molecule has 0 aromatic carbocycles. The van der Waals surface area contributed by atoms with Gasteiger partial charge in [-0.15, -0.1) is 0 Å². The predicted molar refractivity (Wildman–Crippen MR) is 74.6 cm³/mol. The van der Waals surface area contributed by atoms with E-state index in [4.69, 9.17) is 0 Å². The molecule has 4 nitrogen and oxygen atoms in total. The molecule has 19 heavy (non-hydrogen) atoms. The Labute approximate surface area is 114 Å². The summed E-state index contributed by atoms with van der Waals surface area (Å²) in [6, 6.07) is 0.293. The highest BCUT2D eigenvalue weighted by Crippen LogP contribution is 2.22. The number of carbonyl (C=O) groups is 2. The average molecular weight is 262 g/mol. The van der Waals surface area contributed by atoms with Gasteiger partial charge in [-0.1, -0.05) is 19.8 Å². The van der Waals surface area contributed by atoms with Crippen LogP contribution < -0.4 is 5.32 Å². The minimum Gasteiger partial charge on any atom is -0.354 e. The van der Waals surface area contributed by atoms with Crippen molar-refractivity contribution < 1.29 is 9.59 Å². The van der Waals surface area contributed by atoms with E-state index in [0.29, 0.717) is 23.7 Å². The lowest BCUT2D eigenvalue weighted by Crippen LogP contribution is -2.33. The number of nitrogens with one attached hydrogen (secondary N) is 2. The van der Waals surface area contributed by atoms with E-state index in [1.807, 2.05) is 13.8 Å². The van der Waals surface area contributed by atoms with Gasteiger partial charge in [0.05, 0.1) is 0 Å². The Morgan fingerprint density at radius 2 is 1.95 bits per heavy atom. The Morgan fingerprint density at radius 3 is 2.47 bits per heavy atom. The van der Waals surface area contributed by atoms with Gasteiger partial charge in [0.15, 0.2) is 5.78 Å². The Bertz CT molecular complexity index is 496. The van der Waals surface area contributed by atoms with Crippen LogP contribution >= 0.6 is 0 Å². The molecule has 4 heteroatoms. The highest BCUT2D eigenvalue weighted by Gasteiger charge is 2.24. The topological polar surface area (TPSA) is 62.0 Å². The zero-order chi connectivity index (χ0) is 14.0. The number of aromatic amines is 1. The minimum absolute atomic E-state index is 0.0190. The molecular formula is C15H22N2O2. The van der Waals surface area contributed by atoms with E-state index in [-0.39, 0.29) is 11.7 Å². The number of ketones is 1. The van der Waals surface area contributed by atoms with Crippen molar-refractivity contribution in [3.63, 3.8) is 0 Å². The van der Waals surface area contributed by atoms with E-state index in [1.165, 1.54) is 12.8 Å². The van der Waals surface area contributed by atoms with Gasteiger partial charge in [0, 0.05) is 17.3 Å². The molecule has 0 bridgehead atoms. The number of hydrogen-bond acceptors (Lipinski definition) is 2. The van der Waals surface area contributed by atoms with Crippen molar-refractivity contribution in [1.82, 2.24) is 10.3 Å². The minimum atomic E-state index is -0.0700. The van der Waals surface area contributed by atoms with Crippen molar-refractivity contribution in [1.29, 1.82) is 0 Å². The van der Waals surface area contributed by atoms with Gasteiger partial charge < -0.3 is 10.3 Å². The number of hydrogen-bond donors (Lipinski definition) is 2. The molecular weight excluding hydrogens is 240 g/mol. The van der Waals surface area contributed by atoms with Crippen LogP contribution in [-0.4, -0.2) is 22.7 Å². The maximum absolute atomic E-state index is 12.3. The third-order valence-electron chi connectivity index (χ3n) is 3.91. The summed E-state index contributed by atoms with van der Waals surface area (Å²) in [5.41, 5.74) is 2.89. The largest absolute Gasteiger partial charge is 0.354 e. The van der Waals surface area contributed by atoms with Gasteiger partial charge in [-0.2, -0.15) is 0 Å². The van der Waals surface area contributed by atoms with Crippen LogP contribution in [0, 0.1) is 6.92 Å². The van der Waals surface area contributed by atoms with Crippen LogP contribution in [-0.2, 0) is 6.42 Å². The molecule has 0 aliphatic heterocycles. The van der Waals surface area contributed by atoms with Crippen LogP contribution in [0.1, 0.15) is 71.6 Å². The molecule has 1 aliphatic rings. The first-order valence-corrected chi connectivity index (χ1v) is 7.07. The van der Waals surface area contributed by atoms with E-state index in [1.54, 1.807) is 6.92 Å². The zero-order valence-corrected chi connectivity index (χ0v) is 11.9. The summed E-state index contributed by atoms with van der Waals surface area (Å²) in [5, 5.41) is 3.07. The van der Waals surface area contributed by atoms with E-state index in [0.717, 1.165) is 24.1 Å². The molecule has 1 saturated carbocycles. The second-order valence-electron chi connectivity index (χ2n) is 5.34. The van der Waals surface area contributed by atoms with Crippen LogP contribution in [0.3, 0.4) is 0 Å². The lowest BCUT2D eigenvalue weighted by molar-refractivity contribution is 0.0932. The molecule has 0 saturated heterocycles. The fraction of sp³-hybridized carbons (Fsp3) is 0.600. The van der Waals surface area contributed by atoms with Crippen LogP contribution in [0.25, 0.3) is 0 Å². The van der Waals surface area contributed by atoms with Crippen LogP contribution in [0.2, 0.25) is 0 Å². The molecule has 1 fully saturated rings. The first-order chi connectivity index (χ1) is 9.04. The lowest BCUT2D eigenvalue weighted by Gasteiger charge is -2.12. The first-order valence-electron chi connectivity index (χ1n) is 7.07. The van der Waals surface area contributed by atoms with E-state index in [2.05, 4.69) is 10.3 Å². The van der Waals surface area contributed by atoms with Crippen LogP contribution in [0.4, 0.5) is 0 Å². The third-order valence-corrected chi connectivity index (χ3v) is 3.91. The maximum Gasteiger partial charge on any atom is 0.268 e. The second kappa shape index (κ2) is 5.59. The fourth-order valence-corrected chi connectivity index (χ4v) is 3.03. The molecule has 1 aromatic heterocycles. The SMILES string of the molecule is CCc1c(C(=O)NC2CCCC2)[nH]c(C)c1C(C)=O. The van der Waals surface area contributed by atoms with Gasteiger partial charge in [-0.05, 0) is 38.7 Å². The molecule has 1 aliphatic carbocycles. The van der Waals surface area contributed by atoms with Crippen molar-refractivity contribution in [3.8, 4) is 0 Å². The van der Waals surface area contributed by atoms with Crippen molar-refractivity contribution in [2.75, 3.05) is 0 Å². The monoisotopic (exact) mass is 262 g/mol. The molecule has 0 spiro atoms. The Morgan fingerprint density at radius 1 is 1.32 bits per heavy atom. The summed E-state index contributed by atoms with van der Waals surface area (Å²) in [4.78, 5) is 27.1. The molecule has 2 rings (SSSR count). The highest BCUT2D eigenvalue weighted by atomic mass is 16.2. The normalized spacial score (nSPS) is 15.7. The summed E-state index contributed by atoms with van der Waals surface area (Å²) < 4.78 is 0. The Kier molecular flexibility index (Phi) is 4.08. The molecule has 0 radical (unpaired) electrons. The van der Waals surface area contributed by atoms with E-state index < -0.39 is 0 Å². The van der Waals surface area contributed by atoms with Crippen molar-refractivity contribution in [3.05, 3.63) is 22.5 Å². The van der Waals surface area contributed by atoms with Crippen LogP contribution in [0.5, 0.6) is 0 Å². The lowest BCUT2D eigenvalue weighted by atomic mass is 10.0. The van der Waals surface area contributed by atoms with Gasteiger partial charge in [-0.25, -0.2) is 0 Å². The summed E-state index contributed by atoms with van der Waals surface area (Å²) in [6.45, 7) is 5.37. The molecule has 1 amide bonds. The Hall–Kier alpha value is -1.58. The van der Waals surface area contributed by atoms with Gasteiger partial charge in [0.25, 0.3) is 5.91 Å². The smallest absolute Gasteiger partial charge is 0.268 e. The standard InChI is InChI=1S/C15H22N2O2/c1-4-12-13(10(3)18)9(2)16-14(12)15(19)17-11-7-5-6-8-11/h11,16H,4-8H2,1-3H3,(H,17,19). The van der Waals surface area contributed by atoms with E-state index in [9.17, 15) is 9.59 Å². The van der Waals surface area contributed by atoms with Crippen molar-refractivity contribution in [2.45, 2.75) is 58.9 Å². The number of Topliss-reactive ketones (excluding diaryl/α,β-unsaturated/α-hetero) is 1. The molecule has 0 atom stereocenters. The third kappa shape index (κ3) is 2.72. The van der Waals surface area contributed by atoms with Crippen molar-refractivity contribution in [2.24, 2.45) is 0 Å². The van der Waals surface area contributed by atoms with Gasteiger partial charge >= 0.3 is 0 Å². The average Bonchev–Trinajstić information content (AvgIpc) is 2.95. The van der Waals surface area contributed by atoms with Crippen molar-refractivity contribution >= 4 is 11.7 Å². The number of rotatable bonds is 4. The summed E-state index contributed by atoms with van der Waals surface area (Å²) >= 11 is 0. The number of amides is 1. The fourth-order valence-electron chi connectivity index (χ4n) is 3.03. The van der Waals surface area contributed by atoms with Crippen LogP contribution in [0.15, 0.2) is 0 Å². The second-order valence-corrected chi connectivity index (χ2v) is 5.34. The zero-order valence-electron chi connectivity index (χ0n) is 11.9. The predicted octanol–water partition coefficient (Wildman–Crippen LogP) is 2.76. The molecule has 1 heterocycles. The summed E-state index contributed by atoms with van der Waals surface area (Å²) in [7, 11) is 0. The van der Waals surface area contributed by atoms with Gasteiger partial charge in [0.1, 0.15) is 5.69 Å². The maximum atomic E-state index is 12.3. The summed E-state index contributed by atoms with van der Waals surface area (Å²) in [6.07, 6.45) is 5.19.